The maximum atomic E-state index is 12.4. The van der Waals surface area contributed by atoms with E-state index in [1.165, 1.54) is 5.56 Å². The molecular formula is C26H30N2O2. The van der Waals surface area contributed by atoms with Gasteiger partial charge in [-0.15, -0.1) is 0 Å². The molecule has 156 valence electrons. The third-order valence-corrected chi connectivity index (χ3v) is 4.95. The summed E-state index contributed by atoms with van der Waals surface area (Å²) < 4.78 is 5.87. The summed E-state index contributed by atoms with van der Waals surface area (Å²) in [6.45, 7) is 2.96. The molecule has 0 aliphatic rings. The average molecular weight is 403 g/mol. The second kappa shape index (κ2) is 11.7. The van der Waals surface area contributed by atoms with Crippen LogP contribution in [0.15, 0.2) is 84.9 Å². The van der Waals surface area contributed by atoms with Crippen molar-refractivity contribution < 1.29 is 9.53 Å². The highest BCUT2D eigenvalue weighted by Crippen LogP contribution is 2.18. The quantitative estimate of drug-likeness (QED) is 0.424. The average Bonchev–Trinajstić information content (AvgIpc) is 2.80. The molecule has 0 aliphatic carbocycles. The van der Waals surface area contributed by atoms with Crippen molar-refractivity contribution >= 4 is 11.6 Å². The molecule has 0 aromatic heterocycles. The number of hydrogen-bond donors (Lipinski definition) is 2. The Hall–Kier alpha value is -3.27. The minimum atomic E-state index is -0.0279. The molecule has 1 atom stereocenters. The number of anilines is 1. The van der Waals surface area contributed by atoms with Gasteiger partial charge in [-0.05, 0) is 42.5 Å². The number of hydrogen-bond acceptors (Lipinski definition) is 3. The number of ether oxygens (including phenoxy) is 1. The van der Waals surface area contributed by atoms with Gasteiger partial charge >= 0.3 is 0 Å². The monoisotopic (exact) mass is 402 g/mol. The van der Waals surface area contributed by atoms with Crippen molar-refractivity contribution in [1.82, 2.24) is 5.32 Å². The van der Waals surface area contributed by atoms with Gasteiger partial charge in [0.2, 0.25) is 5.91 Å². The third-order valence-electron chi connectivity index (χ3n) is 4.95. The lowest BCUT2D eigenvalue weighted by Gasteiger charge is -2.18. The lowest BCUT2D eigenvalue weighted by Crippen LogP contribution is -2.33. The van der Waals surface area contributed by atoms with Crippen LogP contribution >= 0.6 is 0 Å². The number of benzene rings is 3. The summed E-state index contributed by atoms with van der Waals surface area (Å²) in [5, 5.41) is 6.28. The SMILES string of the molecule is CCC(NC(=O)CNc1cccc(OCCCc2ccccc2)c1)c1ccccc1. The van der Waals surface area contributed by atoms with Gasteiger partial charge in [0.15, 0.2) is 0 Å². The molecule has 0 saturated heterocycles. The molecule has 30 heavy (non-hydrogen) atoms. The minimum Gasteiger partial charge on any atom is -0.494 e. The fourth-order valence-electron chi connectivity index (χ4n) is 3.34. The fourth-order valence-corrected chi connectivity index (χ4v) is 3.34. The summed E-state index contributed by atoms with van der Waals surface area (Å²) in [7, 11) is 0. The van der Waals surface area contributed by atoms with Crippen molar-refractivity contribution in [2.24, 2.45) is 0 Å². The number of amides is 1. The summed E-state index contributed by atoms with van der Waals surface area (Å²) in [6, 6.07) is 28.3. The van der Waals surface area contributed by atoms with Crippen LogP contribution in [0.3, 0.4) is 0 Å². The number of carbonyl (C=O) groups is 1. The lowest BCUT2D eigenvalue weighted by atomic mass is 10.0. The van der Waals surface area contributed by atoms with Crippen molar-refractivity contribution in [1.29, 1.82) is 0 Å². The largest absolute Gasteiger partial charge is 0.494 e. The zero-order chi connectivity index (χ0) is 21.0. The van der Waals surface area contributed by atoms with Crippen molar-refractivity contribution in [3.8, 4) is 5.75 Å². The van der Waals surface area contributed by atoms with Crippen molar-refractivity contribution in [2.75, 3.05) is 18.5 Å². The van der Waals surface area contributed by atoms with E-state index in [0.29, 0.717) is 6.61 Å². The van der Waals surface area contributed by atoms with Gasteiger partial charge in [-0.25, -0.2) is 0 Å². The van der Waals surface area contributed by atoms with Crippen LogP contribution in [0.4, 0.5) is 5.69 Å². The molecule has 0 spiro atoms. The summed E-state index contributed by atoms with van der Waals surface area (Å²) in [4.78, 5) is 12.4. The van der Waals surface area contributed by atoms with Gasteiger partial charge in [-0.2, -0.15) is 0 Å². The van der Waals surface area contributed by atoms with E-state index >= 15 is 0 Å². The summed E-state index contributed by atoms with van der Waals surface area (Å²) in [5.74, 6) is 0.782. The van der Waals surface area contributed by atoms with E-state index in [1.54, 1.807) is 0 Å². The van der Waals surface area contributed by atoms with Crippen LogP contribution < -0.4 is 15.4 Å². The van der Waals surface area contributed by atoms with E-state index in [-0.39, 0.29) is 18.5 Å². The maximum Gasteiger partial charge on any atom is 0.239 e. The van der Waals surface area contributed by atoms with Gasteiger partial charge in [0.1, 0.15) is 5.75 Å². The van der Waals surface area contributed by atoms with Gasteiger partial charge < -0.3 is 15.4 Å². The first-order valence-corrected chi connectivity index (χ1v) is 10.6. The Balaban J connectivity index is 1.42. The second-order valence-electron chi connectivity index (χ2n) is 7.26. The number of aryl methyl sites for hydroxylation is 1. The standard InChI is InChI=1S/C26H30N2O2/c1-2-25(22-14-7-4-8-15-22)28-26(29)20-27-23-16-9-17-24(19-23)30-18-10-13-21-11-5-3-6-12-21/h3-9,11-12,14-17,19,25,27H,2,10,13,18,20H2,1H3,(H,28,29). The normalized spacial score (nSPS) is 11.5. The topological polar surface area (TPSA) is 50.4 Å². The van der Waals surface area contributed by atoms with Crippen LogP contribution in [0.2, 0.25) is 0 Å². The Morgan fingerprint density at radius 2 is 1.67 bits per heavy atom. The molecule has 0 heterocycles. The van der Waals surface area contributed by atoms with Gasteiger partial charge in [-0.3, -0.25) is 4.79 Å². The molecule has 0 bridgehead atoms. The molecule has 1 amide bonds. The Morgan fingerprint density at radius 3 is 2.40 bits per heavy atom. The molecule has 0 fully saturated rings. The van der Waals surface area contributed by atoms with E-state index in [0.717, 1.165) is 36.3 Å². The molecule has 3 rings (SSSR count). The highest BCUT2D eigenvalue weighted by molar-refractivity contribution is 5.81. The molecule has 3 aromatic carbocycles. The van der Waals surface area contributed by atoms with E-state index in [2.05, 4.69) is 41.8 Å². The van der Waals surface area contributed by atoms with Gasteiger partial charge in [0, 0.05) is 11.8 Å². The molecule has 0 aliphatic heterocycles. The predicted octanol–water partition coefficient (Wildman–Crippen LogP) is 5.38. The molecule has 0 radical (unpaired) electrons. The van der Waals surface area contributed by atoms with Gasteiger partial charge in [-0.1, -0.05) is 73.7 Å². The Bertz CT molecular complexity index is 897. The zero-order valence-electron chi connectivity index (χ0n) is 17.5. The van der Waals surface area contributed by atoms with Crippen molar-refractivity contribution in [3.05, 3.63) is 96.1 Å². The first-order valence-electron chi connectivity index (χ1n) is 10.6. The smallest absolute Gasteiger partial charge is 0.239 e. The number of rotatable bonds is 11. The van der Waals surface area contributed by atoms with Crippen molar-refractivity contribution in [2.45, 2.75) is 32.2 Å². The maximum absolute atomic E-state index is 12.4. The van der Waals surface area contributed by atoms with Crippen LogP contribution in [-0.4, -0.2) is 19.1 Å². The van der Waals surface area contributed by atoms with Crippen LogP contribution in [0.25, 0.3) is 0 Å². The first kappa shape index (κ1) is 21.4. The molecule has 0 saturated carbocycles. The summed E-state index contributed by atoms with van der Waals surface area (Å²) >= 11 is 0. The van der Waals surface area contributed by atoms with Gasteiger partial charge in [0.25, 0.3) is 0 Å². The van der Waals surface area contributed by atoms with E-state index < -0.39 is 0 Å². The fraction of sp³-hybridized carbons (Fsp3) is 0.269. The van der Waals surface area contributed by atoms with E-state index in [9.17, 15) is 4.79 Å². The third kappa shape index (κ3) is 6.96. The highest BCUT2D eigenvalue weighted by Gasteiger charge is 2.12. The summed E-state index contributed by atoms with van der Waals surface area (Å²) in [6.07, 6.45) is 2.81. The Morgan fingerprint density at radius 1 is 0.933 bits per heavy atom. The van der Waals surface area contributed by atoms with Gasteiger partial charge in [0.05, 0.1) is 19.2 Å². The van der Waals surface area contributed by atoms with Crippen LogP contribution in [0, 0.1) is 0 Å². The number of carbonyl (C=O) groups excluding carboxylic acids is 1. The first-order chi connectivity index (χ1) is 14.7. The van der Waals surface area contributed by atoms with E-state index in [4.69, 9.17) is 4.74 Å². The summed E-state index contributed by atoms with van der Waals surface area (Å²) in [5.41, 5.74) is 3.32. The number of nitrogens with one attached hydrogen (secondary N) is 2. The van der Waals surface area contributed by atoms with E-state index in [1.807, 2.05) is 60.7 Å². The molecule has 2 N–H and O–H groups in total. The minimum absolute atomic E-state index is 0.0276. The molecule has 3 aromatic rings. The predicted molar refractivity (Wildman–Crippen MR) is 123 cm³/mol. The zero-order valence-corrected chi connectivity index (χ0v) is 17.5. The molecule has 4 heteroatoms. The second-order valence-corrected chi connectivity index (χ2v) is 7.26. The molecular weight excluding hydrogens is 372 g/mol. The van der Waals surface area contributed by atoms with Crippen molar-refractivity contribution in [3.63, 3.8) is 0 Å². The van der Waals surface area contributed by atoms with Crippen LogP contribution in [0.5, 0.6) is 5.75 Å². The Kier molecular flexibility index (Phi) is 8.34. The van der Waals surface area contributed by atoms with Crippen LogP contribution in [-0.2, 0) is 11.2 Å². The Labute approximate surface area is 179 Å². The highest BCUT2D eigenvalue weighted by atomic mass is 16.5. The van der Waals surface area contributed by atoms with Crippen LogP contribution in [0.1, 0.15) is 36.9 Å². The lowest BCUT2D eigenvalue weighted by molar-refractivity contribution is -0.120. The molecule has 4 nitrogen and oxygen atoms in total. The molecule has 1 unspecified atom stereocenters.